The number of benzene rings is 1. The second-order valence-corrected chi connectivity index (χ2v) is 9.91. The van der Waals surface area contributed by atoms with Gasteiger partial charge in [0.2, 0.25) is 0 Å². The molecule has 0 spiro atoms. The molecule has 1 atom stereocenters. The number of aromatic amines is 1. The molecule has 1 aliphatic rings. The molecule has 1 aliphatic heterocycles. The van der Waals surface area contributed by atoms with Gasteiger partial charge in [-0.2, -0.15) is 4.68 Å². The fourth-order valence-corrected chi connectivity index (χ4v) is 5.78. The van der Waals surface area contributed by atoms with Crippen LogP contribution in [0.25, 0.3) is 28.1 Å². The zero-order chi connectivity index (χ0) is 25.0. The molecule has 0 radical (unpaired) electrons. The molecular weight excluding hydrogens is 525 g/mol. The van der Waals surface area contributed by atoms with E-state index < -0.39 is 5.97 Å². The van der Waals surface area contributed by atoms with E-state index in [0.717, 1.165) is 16.9 Å². The number of hydrogen-bond acceptors (Lipinski definition) is 7. The van der Waals surface area contributed by atoms with E-state index in [-0.39, 0.29) is 16.5 Å². The van der Waals surface area contributed by atoms with Crippen LogP contribution in [-0.2, 0) is 6.42 Å². The lowest BCUT2D eigenvalue weighted by atomic mass is 10.0. The van der Waals surface area contributed by atoms with Gasteiger partial charge in [0.05, 0.1) is 28.6 Å². The molecular formula is C23H15Cl2N7O3S. The van der Waals surface area contributed by atoms with Crippen LogP contribution >= 0.6 is 34.5 Å². The number of rotatable bonds is 5. The first-order chi connectivity index (χ1) is 17.4. The Hall–Kier alpha value is -3.80. The van der Waals surface area contributed by atoms with Crippen molar-refractivity contribution in [1.29, 1.82) is 0 Å². The van der Waals surface area contributed by atoms with Crippen LogP contribution in [0.4, 0.5) is 0 Å². The summed E-state index contributed by atoms with van der Waals surface area (Å²) >= 11 is 14.3. The third kappa shape index (κ3) is 3.72. The topological polar surface area (TPSA) is 132 Å². The predicted octanol–water partition coefficient (Wildman–Crippen LogP) is 4.48. The quantitative estimate of drug-likeness (QED) is 0.336. The summed E-state index contributed by atoms with van der Waals surface area (Å²) in [5.41, 5.74) is 3.70. The van der Waals surface area contributed by atoms with Gasteiger partial charge >= 0.3 is 5.97 Å². The van der Waals surface area contributed by atoms with E-state index >= 15 is 0 Å². The molecule has 5 aromatic rings. The van der Waals surface area contributed by atoms with E-state index in [0.29, 0.717) is 56.9 Å². The van der Waals surface area contributed by atoms with Crippen LogP contribution in [0, 0.1) is 0 Å². The second-order valence-electron chi connectivity index (χ2n) is 8.18. The number of carboxylic acid groups (broad SMARTS) is 1. The molecule has 0 amide bonds. The van der Waals surface area contributed by atoms with Crippen LogP contribution in [0.15, 0.2) is 53.0 Å². The van der Waals surface area contributed by atoms with Gasteiger partial charge < -0.3 is 14.7 Å². The zero-order valence-corrected chi connectivity index (χ0v) is 20.5. The third-order valence-electron chi connectivity index (χ3n) is 6.13. The highest BCUT2D eigenvalue weighted by Crippen LogP contribution is 2.40. The smallest absolute Gasteiger partial charge is 0.345 e. The summed E-state index contributed by atoms with van der Waals surface area (Å²) in [4.78, 5) is 32.6. The molecule has 36 heavy (non-hydrogen) atoms. The molecule has 0 saturated carbocycles. The normalized spacial score (nSPS) is 14.8. The summed E-state index contributed by atoms with van der Waals surface area (Å²) in [7, 11) is 0. The average Bonchev–Trinajstić information content (AvgIpc) is 3.67. The lowest BCUT2D eigenvalue weighted by Gasteiger charge is -2.17. The zero-order valence-electron chi connectivity index (χ0n) is 18.2. The standard InChI is InChI=1S/C23H15Cl2N7O3S/c24-12-1-2-16(31-10-27-29-30-31)13(6-12)14-7-20(33)32-17(21(14)25)3-4-18(32)22-26-8-15(28-22)11-5-19(23(34)35)36-9-11/h1-2,5-10,18H,3-4H2,(H,26,28)(H,34,35)/t18-/m0/s1. The predicted molar refractivity (Wildman–Crippen MR) is 134 cm³/mol. The molecule has 0 aliphatic carbocycles. The number of hydrogen-bond donors (Lipinski definition) is 2. The van der Waals surface area contributed by atoms with E-state index in [1.54, 1.807) is 40.4 Å². The van der Waals surface area contributed by atoms with Crippen molar-refractivity contribution in [1.82, 2.24) is 34.7 Å². The number of carboxylic acids is 1. The average molecular weight is 540 g/mol. The Labute approximate surface area is 216 Å². The summed E-state index contributed by atoms with van der Waals surface area (Å²) in [6.45, 7) is 0. The Bertz CT molecular complexity index is 1690. The maximum atomic E-state index is 13.4. The molecule has 2 N–H and O–H groups in total. The molecule has 0 fully saturated rings. The van der Waals surface area contributed by atoms with Crippen LogP contribution in [-0.4, -0.2) is 45.8 Å². The molecule has 0 saturated heterocycles. The summed E-state index contributed by atoms with van der Waals surface area (Å²) in [5.74, 6) is -0.370. The maximum Gasteiger partial charge on any atom is 0.345 e. The van der Waals surface area contributed by atoms with Gasteiger partial charge in [-0.25, -0.2) is 9.78 Å². The van der Waals surface area contributed by atoms with Gasteiger partial charge in [-0.1, -0.05) is 23.2 Å². The Balaban J connectivity index is 1.41. The number of pyridine rings is 1. The first kappa shape index (κ1) is 22.7. The molecule has 4 aromatic heterocycles. The van der Waals surface area contributed by atoms with Crippen molar-refractivity contribution in [3.63, 3.8) is 0 Å². The van der Waals surface area contributed by atoms with Crippen LogP contribution in [0.3, 0.4) is 0 Å². The number of aromatic carboxylic acids is 1. The van der Waals surface area contributed by atoms with Gasteiger partial charge in [-0.3, -0.25) is 4.79 Å². The van der Waals surface area contributed by atoms with Crippen molar-refractivity contribution in [2.24, 2.45) is 0 Å². The van der Waals surface area contributed by atoms with E-state index in [2.05, 4.69) is 25.5 Å². The number of carbonyl (C=O) groups is 1. The minimum Gasteiger partial charge on any atom is -0.477 e. The van der Waals surface area contributed by atoms with E-state index in [1.165, 1.54) is 17.1 Å². The molecule has 6 rings (SSSR count). The van der Waals surface area contributed by atoms with Crippen LogP contribution in [0.2, 0.25) is 10.0 Å². The highest BCUT2D eigenvalue weighted by molar-refractivity contribution is 7.12. The number of fused-ring (bicyclic) bond motifs is 1. The first-order valence-electron chi connectivity index (χ1n) is 10.7. The van der Waals surface area contributed by atoms with Crippen molar-refractivity contribution in [3.05, 3.63) is 85.0 Å². The molecule has 10 nitrogen and oxygen atoms in total. The fourth-order valence-electron chi connectivity index (χ4n) is 4.52. The fraction of sp³-hybridized carbons (Fsp3) is 0.130. The van der Waals surface area contributed by atoms with Crippen molar-refractivity contribution < 1.29 is 9.90 Å². The van der Waals surface area contributed by atoms with Crippen molar-refractivity contribution in [2.45, 2.75) is 18.9 Å². The first-order valence-corrected chi connectivity index (χ1v) is 12.4. The number of aromatic nitrogens is 7. The van der Waals surface area contributed by atoms with Gasteiger partial charge in [0.25, 0.3) is 5.56 Å². The largest absolute Gasteiger partial charge is 0.477 e. The molecule has 180 valence electrons. The highest BCUT2D eigenvalue weighted by Gasteiger charge is 2.31. The summed E-state index contributed by atoms with van der Waals surface area (Å²) in [5, 5.41) is 23.2. The summed E-state index contributed by atoms with van der Waals surface area (Å²) < 4.78 is 3.15. The molecule has 0 unspecified atom stereocenters. The Morgan fingerprint density at radius 2 is 2.06 bits per heavy atom. The Morgan fingerprint density at radius 1 is 1.19 bits per heavy atom. The summed E-state index contributed by atoms with van der Waals surface area (Å²) in [6, 6.07) is 7.97. The van der Waals surface area contributed by atoms with Crippen LogP contribution in [0.1, 0.15) is 33.7 Å². The number of halogens is 2. The minimum absolute atomic E-state index is 0.226. The number of tetrazole rings is 1. The van der Waals surface area contributed by atoms with Crippen LogP contribution < -0.4 is 5.56 Å². The van der Waals surface area contributed by atoms with Crippen molar-refractivity contribution >= 4 is 40.5 Å². The van der Waals surface area contributed by atoms with Crippen LogP contribution in [0.5, 0.6) is 0 Å². The molecule has 0 bridgehead atoms. The van der Waals surface area contributed by atoms with Gasteiger partial charge in [0.15, 0.2) is 0 Å². The maximum absolute atomic E-state index is 13.4. The second kappa shape index (κ2) is 8.70. The lowest BCUT2D eigenvalue weighted by Crippen LogP contribution is -2.24. The number of H-pyrrole nitrogens is 1. The highest BCUT2D eigenvalue weighted by atomic mass is 35.5. The van der Waals surface area contributed by atoms with Crippen molar-refractivity contribution in [3.8, 4) is 28.1 Å². The number of thiophene rings is 1. The van der Waals surface area contributed by atoms with E-state index in [9.17, 15) is 14.7 Å². The van der Waals surface area contributed by atoms with E-state index in [1.807, 2.05) is 0 Å². The Morgan fingerprint density at radius 3 is 2.81 bits per heavy atom. The Kier molecular flexibility index (Phi) is 5.47. The third-order valence-corrected chi connectivity index (χ3v) is 7.70. The minimum atomic E-state index is -0.976. The number of imidazole rings is 1. The molecule has 1 aromatic carbocycles. The molecule has 13 heteroatoms. The van der Waals surface area contributed by atoms with Gasteiger partial charge in [0, 0.05) is 38.9 Å². The van der Waals surface area contributed by atoms with Gasteiger partial charge in [-0.05, 0) is 47.5 Å². The van der Waals surface area contributed by atoms with E-state index in [4.69, 9.17) is 23.2 Å². The van der Waals surface area contributed by atoms with Gasteiger partial charge in [-0.15, -0.1) is 16.4 Å². The lowest BCUT2D eigenvalue weighted by molar-refractivity contribution is 0.0702. The number of nitrogens with one attached hydrogen (secondary N) is 1. The molecule has 5 heterocycles. The summed E-state index contributed by atoms with van der Waals surface area (Å²) in [6.07, 6.45) is 4.31. The SMILES string of the molecule is O=C(O)c1cc(-c2cnc([C@@H]3CCc4c(Cl)c(-c5cc(Cl)ccc5-n5cnnn5)cc(=O)n43)[nH]2)cs1. The monoisotopic (exact) mass is 539 g/mol. The van der Waals surface area contributed by atoms with Gasteiger partial charge in [0.1, 0.15) is 17.0 Å². The number of nitrogens with zero attached hydrogens (tertiary/aromatic N) is 6. The van der Waals surface area contributed by atoms with Crippen molar-refractivity contribution in [2.75, 3.05) is 0 Å².